The second kappa shape index (κ2) is 8.50. The lowest BCUT2D eigenvalue weighted by molar-refractivity contribution is -0.128. The number of carbonyl (C=O) groups excluding carboxylic acids is 1. The normalized spacial score (nSPS) is 19.0. The number of fused-ring (bicyclic) bond motifs is 1. The SMILES string of the molecule is N#CC1(C(=O)NCCC/C(=N/O)c2ccccc2)CCc2ccccc2C1. The summed E-state index contributed by atoms with van der Waals surface area (Å²) in [6.45, 7) is 0.440. The maximum absolute atomic E-state index is 12.7. The quantitative estimate of drug-likeness (QED) is 0.358. The van der Waals surface area contributed by atoms with Gasteiger partial charge in [0.1, 0.15) is 5.41 Å². The second-order valence-electron chi connectivity index (χ2n) is 6.91. The van der Waals surface area contributed by atoms with Crippen molar-refractivity contribution in [1.82, 2.24) is 5.32 Å². The third-order valence-electron chi connectivity index (χ3n) is 5.18. The molecule has 1 unspecified atom stereocenters. The molecule has 0 aliphatic heterocycles. The predicted molar refractivity (Wildman–Crippen MR) is 104 cm³/mol. The average Bonchev–Trinajstić information content (AvgIpc) is 2.73. The van der Waals surface area contributed by atoms with Crippen LogP contribution in [-0.4, -0.2) is 23.4 Å². The van der Waals surface area contributed by atoms with Crippen LogP contribution in [0.25, 0.3) is 0 Å². The topological polar surface area (TPSA) is 85.5 Å². The fourth-order valence-electron chi connectivity index (χ4n) is 3.58. The van der Waals surface area contributed by atoms with Gasteiger partial charge >= 0.3 is 0 Å². The van der Waals surface area contributed by atoms with Gasteiger partial charge in [-0.05, 0) is 42.4 Å². The van der Waals surface area contributed by atoms with Crippen molar-refractivity contribution in [3.63, 3.8) is 0 Å². The van der Waals surface area contributed by atoms with Crippen LogP contribution in [0.1, 0.15) is 36.0 Å². The standard InChI is InChI=1S/C22H23N3O2/c23-16-22(13-12-17-7-4-5-10-19(17)15-22)21(26)24-14-6-11-20(25-27)18-8-2-1-3-9-18/h1-5,7-10,27H,6,11-15H2,(H,24,26)/b25-20-. The summed E-state index contributed by atoms with van der Waals surface area (Å²) >= 11 is 0. The van der Waals surface area contributed by atoms with Crippen molar-refractivity contribution in [2.24, 2.45) is 10.6 Å². The van der Waals surface area contributed by atoms with E-state index in [1.165, 1.54) is 5.56 Å². The molecule has 3 rings (SSSR count). The molecule has 1 atom stereocenters. The Labute approximate surface area is 159 Å². The molecule has 27 heavy (non-hydrogen) atoms. The third kappa shape index (κ3) is 4.17. The smallest absolute Gasteiger partial charge is 0.240 e. The molecule has 0 fully saturated rings. The second-order valence-corrected chi connectivity index (χ2v) is 6.91. The van der Waals surface area contributed by atoms with Gasteiger partial charge in [0.05, 0.1) is 11.8 Å². The molecule has 1 aliphatic carbocycles. The molecule has 0 aromatic heterocycles. The van der Waals surface area contributed by atoms with E-state index in [2.05, 4.69) is 22.6 Å². The first-order valence-electron chi connectivity index (χ1n) is 9.21. The Kier molecular flexibility index (Phi) is 5.87. The van der Waals surface area contributed by atoms with Gasteiger partial charge in [0, 0.05) is 13.0 Å². The number of aryl methyl sites for hydroxylation is 1. The zero-order chi connectivity index (χ0) is 19.1. The van der Waals surface area contributed by atoms with Crippen molar-refractivity contribution in [3.8, 4) is 6.07 Å². The summed E-state index contributed by atoms with van der Waals surface area (Å²) in [6, 6.07) is 19.7. The number of hydrogen-bond donors (Lipinski definition) is 2. The molecule has 5 nitrogen and oxygen atoms in total. The van der Waals surface area contributed by atoms with Crippen molar-refractivity contribution < 1.29 is 10.0 Å². The van der Waals surface area contributed by atoms with Crippen LogP contribution < -0.4 is 5.32 Å². The molecule has 0 saturated heterocycles. The van der Waals surface area contributed by atoms with Crippen molar-refractivity contribution in [2.45, 2.75) is 32.1 Å². The zero-order valence-electron chi connectivity index (χ0n) is 15.2. The van der Waals surface area contributed by atoms with Crippen LogP contribution in [0.4, 0.5) is 0 Å². The van der Waals surface area contributed by atoms with Crippen molar-refractivity contribution in [3.05, 3.63) is 71.3 Å². The molecule has 0 spiro atoms. The lowest BCUT2D eigenvalue weighted by Gasteiger charge is -2.31. The van der Waals surface area contributed by atoms with Gasteiger partial charge in [-0.2, -0.15) is 5.26 Å². The van der Waals surface area contributed by atoms with Gasteiger partial charge in [0.15, 0.2) is 0 Å². The number of amides is 1. The Morgan fingerprint density at radius 2 is 1.85 bits per heavy atom. The maximum Gasteiger partial charge on any atom is 0.240 e. The van der Waals surface area contributed by atoms with E-state index in [9.17, 15) is 15.3 Å². The maximum atomic E-state index is 12.7. The summed E-state index contributed by atoms with van der Waals surface area (Å²) in [6.07, 6.45) is 2.92. The molecular formula is C22H23N3O2. The molecule has 0 heterocycles. The van der Waals surface area contributed by atoms with Crippen LogP contribution in [0.15, 0.2) is 59.8 Å². The lowest BCUT2D eigenvalue weighted by atomic mass is 9.72. The van der Waals surface area contributed by atoms with Gasteiger partial charge in [-0.1, -0.05) is 59.8 Å². The summed E-state index contributed by atoms with van der Waals surface area (Å²) in [5.41, 5.74) is 2.76. The molecule has 138 valence electrons. The summed E-state index contributed by atoms with van der Waals surface area (Å²) in [7, 11) is 0. The lowest BCUT2D eigenvalue weighted by Crippen LogP contribution is -2.44. The Morgan fingerprint density at radius 3 is 2.56 bits per heavy atom. The van der Waals surface area contributed by atoms with Gasteiger partial charge in [0.25, 0.3) is 0 Å². The Bertz CT molecular complexity index is 871. The number of nitrogens with zero attached hydrogens (tertiary/aromatic N) is 2. The molecule has 0 bridgehead atoms. The molecule has 1 amide bonds. The van der Waals surface area contributed by atoms with Gasteiger partial charge in [-0.15, -0.1) is 0 Å². The molecule has 0 radical (unpaired) electrons. The van der Waals surface area contributed by atoms with Gasteiger partial charge < -0.3 is 10.5 Å². The Morgan fingerprint density at radius 1 is 1.15 bits per heavy atom. The average molecular weight is 361 g/mol. The van der Waals surface area contributed by atoms with Gasteiger partial charge in [0.2, 0.25) is 5.91 Å². The van der Waals surface area contributed by atoms with Crippen LogP contribution in [0.3, 0.4) is 0 Å². The number of oxime groups is 1. The highest BCUT2D eigenvalue weighted by molar-refractivity contribution is 6.00. The number of nitriles is 1. The molecule has 1 aliphatic rings. The minimum atomic E-state index is -0.998. The van der Waals surface area contributed by atoms with Crippen LogP contribution in [0.2, 0.25) is 0 Å². The van der Waals surface area contributed by atoms with Crippen LogP contribution in [0, 0.1) is 16.7 Å². The number of rotatable bonds is 6. The van der Waals surface area contributed by atoms with Crippen molar-refractivity contribution in [1.29, 1.82) is 5.26 Å². The van der Waals surface area contributed by atoms with E-state index in [4.69, 9.17) is 0 Å². The van der Waals surface area contributed by atoms with E-state index in [1.54, 1.807) is 0 Å². The first kappa shape index (κ1) is 18.7. The van der Waals surface area contributed by atoms with Gasteiger partial charge in [-0.25, -0.2) is 0 Å². The largest absolute Gasteiger partial charge is 0.411 e. The van der Waals surface area contributed by atoms with E-state index in [0.29, 0.717) is 37.9 Å². The van der Waals surface area contributed by atoms with Crippen LogP contribution in [0.5, 0.6) is 0 Å². The molecule has 2 aromatic rings. The minimum absolute atomic E-state index is 0.207. The monoisotopic (exact) mass is 361 g/mol. The summed E-state index contributed by atoms with van der Waals surface area (Å²) in [5.74, 6) is -0.207. The molecule has 2 N–H and O–H groups in total. The van der Waals surface area contributed by atoms with Gasteiger partial charge in [-0.3, -0.25) is 4.79 Å². The molecular weight excluding hydrogens is 338 g/mol. The fraction of sp³-hybridized carbons (Fsp3) is 0.318. The number of carbonyl (C=O) groups is 1. The van der Waals surface area contributed by atoms with Crippen LogP contribution >= 0.6 is 0 Å². The number of benzene rings is 2. The van der Waals surface area contributed by atoms with Crippen molar-refractivity contribution in [2.75, 3.05) is 6.54 Å². The van der Waals surface area contributed by atoms with Crippen LogP contribution in [-0.2, 0) is 17.6 Å². The Hall–Kier alpha value is -3.13. The fourth-order valence-corrected chi connectivity index (χ4v) is 3.58. The minimum Gasteiger partial charge on any atom is -0.411 e. The molecule has 5 heteroatoms. The third-order valence-corrected chi connectivity index (χ3v) is 5.18. The Balaban J connectivity index is 1.55. The zero-order valence-corrected chi connectivity index (χ0v) is 15.2. The van der Waals surface area contributed by atoms with E-state index in [0.717, 1.165) is 17.5 Å². The highest BCUT2D eigenvalue weighted by Gasteiger charge is 2.41. The summed E-state index contributed by atoms with van der Waals surface area (Å²) < 4.78 is 0. The van der Waals surface area contributed by atoms with E-state index >= 15 is 0 Å². The highest BCUT2D eigenvalue weighted by atomic mass is 16.4. The van der Waals surface area contributed by atoms with Crippen molar-refractivity contribution >= 4 is 11.6 Å². The summed E-state index contributed by atoms with van der Waals surface area (Å²) in [4.78, 5) is 12.7. The highest BCUT2D eigenvalue weighted by Crippen LogP contribution is 2.35. The number of hydrogen-bond acceptors (Lipinski definition) is 4. The molecule has 2 aromatic carbocycles. The number of nitrogens with one attached hydrogen (secondary N) is 1. The summed E-state index contributed by atoms with van der Waals surface area (Å²) in [5, 5.41) is 25.2. The van der Waals surface area contributed by atoms with E-state index in [1.807, 2.05) is 48.5 Å². The van der Waals surface area contributed by atoms with E-state index in [-0.39, 0.29) is 5.91 Å². The molecule has 0 saturated carbocycles. The van der Waals surface area contributed by atoms with E-state index < -0.39 is 5.41 Å². The first-order valence-corrected chi connectivity index (χ1v) is 9.21. The predicted octanol–water partition coefficient (Wildman–Crippen LogP) is 3.46. The first-order chi connectivity index (χ1) is 13.2.